The van der Waals surface area contributed by atoms with Crippen LogP contribution < -0.4 is 15.4 Å². The van der Waals surface area contributed by atoms with E-state index in [0.29, 0.717) is 23.8 Å². The van der Waals surface area contributed by atoms with Crippen LogP contribution in [0.25, 0.3) is 0 Å². The van der Waals surface area contributed by atoms with Crippen molar-refractivity contribution < 1.29 is 9.53 Å². The number of thiocarbonyl (C=S) groups is 1. The molecule has 1 amide bonds. The lowest BCUT2D eigenvalue weighted by Crippen LogP contribution is -2.47. The van der Waals surface area contributed by atoms with Crippen LogP contribution in [0.15, 0.2) is 29.5 Å². The highest BCUT2D eigenvalue weighted by Gasteiger charge is 2.31. The number of aryl methyl sites for hydroxylation is 1. The molecule has 1 atom stereocenters. The molecule has 5 nitrogen and oxygen atoms in total. The van der Waals surface area contributed by atoms with Crippen LogP contribution in [-0.2, 0) is 4.79 Å². The zero-order chi connectivity index (χ0) is 17.9. The number of carbonyl (C=O) groups is 1. The summed E-state index contributed by atoms with van der Waals surface area (Å²) in [6.45, 7) is 9.20. The smallest absolute Gasteiger partial charge is 0.253 e. The summed E-state index contributed by atoms with van der Waals surface area (Å²) in [4.78, 5) is 14.8. The fourth-order valence-electron chi connectivity index (χ4n) is 2.99. The van der Waals surface area contributed by atoms with Crippen LogP contribution in [0.4, 0.5) is 0 Å². The molecular formula is C18H25N3O2S. The minimum absolute atomic E-state index is 0.0264. The molecule has 130 valence electrons. The van der Waals surface area contributed by atoms with Gasteiger partial charge in [-0.2, -0.15) is 0 Å². The number of hydrogen-bond acceptors (Lipinski definition) is 3. The Kier molecular flexibility index (Phi) is 5.83. The zero-order valence-electron chi connectivity index (χ0n) is 14.9. The second-order valence-electron chi connectivity index (χ2n) is 5.78. The summed E-state index contributed by atoms with van der Waals surface area (Å²) >= 11 is 5.30. The van der Waals surface area contributed by atoms with Gasteiger partial charge < -0.3 is 20.3 Å². The summed E-state index contributed by atoms with van der Waals surface area (Å²) in [7, 11) is 1.65. The summed E-state index contributed by atoms with van der Waals surface area (Å²) < 4.78 is 5.33. The normalized spacial score (nSPS) is 17.2. The number of rotatable bonds is 5. The molecule has 1 aliphatic heterocycles. The molecule has 0 aromatic heterocycles. The largest absolute Gasteiger partial charge is 0.496 e. The third-order valence-electron chi connectivity index (χ3n) is 4.30. The van der Waals surface area contributed by atoms with E-state index in [2.05, 4.69) is 10.6 Å². The zero-order valence-corrected chi connectivity index (χ0v) is 15.7. The molecule has 2 rings (SSSR count). The van der Waals surface area contributed by atoms with E-state index in [1.54, 1.807) is 7.11 Å². The third-order valence-corrected chi connectivity index (χ3v) is 4.52. The van der Waals surface area contributed by atoms with E-state index >= 15 is 0 Å². The summed E-state index contributed by atoms with van der Waals surface area (Å²) in [5.41, 5.74) is 3.52. The van der Waals surface area contributed by atoms with Crippen LogP contribution in [0, 0.1) is 6.92 Å². The Bertz CT molecular complexity index is 681. The molecular weight excluding hydrogens is 322 g/mol. The Morgan fingerprint density at radius 2 is 1.96 bits per heavy atom. The molecule has 1 aromatic rings. The van der Waals surface area contributed by atoms with Crippen molar-refractivity contribution in [2.24, 2.45) is 0 Å². The lowest BCUT2D eigenvalue weighted by molar-refractivity contribution is -0.127. The van der Waals surface area contributed by atoms with Crippen molar-refractivity contribution in [3.63, 3.8) is 0 Å². The molecule has 6 heteroatoms. The lowest BCUT2D eigenvalue weighted by atomic mass is 9.93. The van der Waals surface area contributed by atoms with Crippen molar-refractivity contribution in [2.45, 2.75) is 33.7 Å². The number of likely N-dealkylation sites (N-methyl/N-ethyl adjacent to an activating group) is 1. The van der Waals surface area contributed by atoms with E-state index in [-0.39, 0.29) is 11.9 Å². The standard InChI is InChI=1S/C18H25N3O2S/c1-6-21(7-2)17(22)15-12(4)19-18(24)20-16(15)13-8-9-14(23-5)11(3)10-13/h8-10,16H,6-7H2,1-5H3,(H2,19,20,24)/t16-/m1/s1. The maximum Gasteiger partial charge on any atom is 0.253 e. The van der Waals surface area contributed by atoms with Crippen molar-refractivity contribution in [1.29, 1.82) is 0 Å². The molecule has 0 fully saturated rings. The van der Waals surface area contributed by atoms with Crippen molar-refractivity contribution >= 4 is 23.2 Å². The number of ether oxygens (including phenoxy) is 1. The average molecular weight is 347 g/mol. The minimum atomic E-state index is -0.267. The highest BCUT2D eigenvalue weighted by atomic mass is 32.1. The molecule has 0 saturated carbocycles. The van der Waals surface area contributed by atoms with Gasteiger partial charge in [0.15, 0.2) is 5.11 Å². The van der Waals surface area contributed by atoms with E-state index in [0.717, 1.165) is 22.6 Å². The van der Waals surface area contributed by atoms with Gasteiger partial charge in [-0.05, 0) is 63.2 Å². The van der Waals surface area contributed by atoms with Crippen LogP contribution in [0.3, 0.4) is 0 Å². The van der Waals surface area contributed by atoms with Gasteiger partial charge in [-0.15, -0.1) is 0 Å². The van der Waals surface area contributed by atoms with Crippen LogP contribution in [-0.4, -0.2) is 36.1 Å². The molecule has 0 saturated heterocycles. The van der Waals surface area contributed by atoms with E-state index in [4.69, 9.17) is 17.0 Å². The number of methoxy groups -OCH3 is 1. The SMILES string of the molecule is CCN(CC)C(=O)C1=C(C)NC(=S)N[C@@H]1c1ccc(OC)c(C)c1. The summed E-state index contributed by atoms with van der Waals surface area (Å²) in [6.07, 6.45) is 0. The fourth-order valence-corrected chi connectivity index (χ4v) is 3.26. The molecule has 2 N–H and O–H groups in total. The molecule has 0 bridgehead atoms. The molecule has 1 aromatic carbocycles. The van der Waals surface area contributed by atoms with E-state index in [1.165, 1.54) is 0 Å². The number of allylic oxidation sites excluding steroid dienone is 1. The minimum Gasteiger partial charge on any atom is -0.496 e. The average Bonchev–Trinajstić information content (AvgIpc) is 2.55. The predicted octanol–water partition coefficient (Wildman–Crippen LogP) is 2.66. The van der Waals surface area contributed by atoms with Gasteiger partial charge in [-0.25, -0.2) is 0 Å². The summed E-state index contributed by atoms with van der Waals surface area (Å²) in [5.74, 6) is 0.853. The topological polar surface area (TPSA) is 53.6 Å². The van der Waals surface area contributed by atoms with Gasteiger partial charge in [0.1, 0.15) is 5.75 Å². The van der Waals surface area contributed by atoms with Crippen LogP contribution >= 0.6 is 12.2 Å². The molecule has 0 unspecified atom stereocenters. The highest BCUT2D eigenvalue weighted by Crippen LogP contribution is 2.31. The van der Waals surface area contributed by atoms with Crippen molar-refractivity contribution in [2.75, 3.05) is 20.2 Å². The van der Waals surface area contributed by atoms with E-state index in [1.807, 2.05) is 50.8 Å². The van der Waals surface area contributed by atoms with E-state index < -0.39 is 0 Å². The van der Waals surface area contributed by atoms with Gasteiger partial charge in [0, 0.05) is 18.8 Å². The first-order valence-corrected chi connectivity index (χ1v) is 8.55. The second kappa shape index (κ2) is 7.66. The number of benzene rings is 1. The van der Waals surface area contributed by atoms with Gasteiger partial charge in [0.05, 0.1) is 18.7 Å². The first-order chi connectivity index (χ1) is 11.4. The van der Waals surface area contributed by atoms with Crippen LogP contribution in [0.1, 0.15) is 37.9 Å². The predicted molar refractivity (Wildman–Crippen MR) is 100.0 cm³/mol. The van der Waals surface area contributed by atoms with Gasteiger partial charge >= 0.3 is 0 Å². The number of nitrogens with zero attached hydrogens (tertiary/aromatic N) is 1. The number of nitrogens with one attached hydrogen (secondary N) is 2. The molecule has 24 heavy (non-hydrogen) atoms. The Balaban J connectivity index is 2.48. The Morgan fingerprint density at radius 1 is 1.29 bits per heavy atom. The van der Waals surface area contributed by atoms with Crippen molar-refractivity contribution in [3.8, 4) is 5.75 Å². The number of carbonyl (C=O) groups excluding carboxylic acids is 1. The van der Waals surface area contributed by atoms with E-state index in [9.17, 15) is 4.79 Å². The molecule has 0 radical (unpaired) electrons. The highest BCUT2D eigenvalue weighted by molar-refractivity contribution is 7.80. The summed E-state index contributed by atoms with van der Waals surface area (Å²) in [6, 6.07) is 5.66. The van der Waals surface area contributed by atoms with Crippen molar-refractivity contribution in [1.82, 2.24) is 15.5 Å². The second-order valence-corrected chi connectivity index (χ2v) is 6.18. The van der Waals surface area contributed by atoms with Crippen LogP contribution in [0.2, 0.25) is 0 Å². The monoisotopic (exact) mass is 347 g/mol. The molecule has 0 spiro atoms. The first kappa shape index (κ1) is 18.3. The Morgan fingerprint density at radius 3 is 2.50 bits per heavy atom. The van der Waals surface area contributed by atoms with Gasteiger partial charge in [0.2, 0.25) is 0 Å². The lowest BCUT2D eigenvalue weighted by Gasteiger charge is -2.33. The van der Waals surface area contributed by atoms with Crippen LogP contribution in [0.5, 0.6) is 5.75 Å². The molecule has 0 aliphatic carbocycles. The quantitative estimate of drug-likeness (QED) is 0.802. The first-order valence-electron chi connectivity index (χ1n) is 8.14. The Labute approximate surface area is 149 Å². The molecule has 1 heterocycles. The summed E-state index contributed by atoms with van der Waals surface area (Å²) in [5, 5.41) is 6.84. The Hall–Kier alpha value is -2.08. The number of hydrogen-bond donors (Lipinski definition) is 2. The maximum atomic E-state index is 13.0. The van der Waals surface area contributed by atoms with Gasteiger partial charge in [-0.1, -0.05) is 6.07 Å². The van der Waals surface area contributed by atoms with Gasteiger partial charge in [-0.3, -0.25) is 4.79 Å². The number of amides is 1. The van der Waals surface area contributed by atoms with Gasteiger partial charge in [0.25, 0.3) is 5.91 Å². The molecule has 1 aliphatic rings. The maximum absolute atomic E-state index is 13.0. The fraction of sp³-hybridized carbons (Fsp3) is 0.444. The van der Waals surface area contributed by atoms with Crippen molar-refractivity contribution in [3.05, 3.63) is 40.6 Å². The third kappa shape index (κ3) is 3.53.